The maximum atomic E-state index is 13.8. The molecule has 6 nitrogen and oxygen atoms in total. The molecule has 2 aromatic carbocycles. The number of nitrogens with two attached hydrogens (primary N) is 1. The van der Waals surface area contributed by atoms with Crippen molar-refractivity contribution in [2.24, 2.45) is 5.73 Å². The molecule has 0 atom stereocenters. The number of ether oxygens (including phenoxy) is 1. The number of benzene rings is 2. The molecule has 0 aliphatic carbocycles. The second kappa shape index (κ2) is 8.63. The van der Waals surface area contributed by atoms with E-state index < -0.39 is 11.7 Å². The summed E-state index contributed by atoms with van der Waals surface area (Å²) in [5.41, 5.74) is 8.62. The minimum absolute atomic E-state index is 0.0929. The Morgan fingerprint density at radius 3 is 2.65 bits per heavy atom. The van der Waals surface area contributed by atoms with Gasteiger partial charge in [-0.15, -0.1) is 0 Å². The molecular weight excluding hydrogens is 397 g/mol. The molecule has 1 saturated heterocycles. The van der Waals surface area contributed by atoms with E-state index in [-0.39, 0.29) is 11.7 Å². The molecule has 1 aliphatic rings. The summed E-state index contributed by atoms with van der Waals surface area (Å²) < 4.78 is 18.7. The van der Waals surface area contributed by atoms with Gasteiger partial charge >= 0.3 is 0 Å². The smallest absolute Gasteiger partial charge is 0.248 e. The Hall–Kier alpha value is -3.61. The molecule has 31 heavy (non-hydrogen) atoms. The zero-order valence-corrected chi connectivity index (χ0v) is 17.2. The van der Waals surface area contributed by atoms with Crippen LogP contribution in [0.25, 0.3) is 17.0 Å². The number of nitrogens with one attached hydrogen (secondary N) is 1. The predicted molar refractivity (Wildman–Crippen MR) is 117 cm³/mol. The lowest BCUT2D eigenvalue weighted by atomic mass is 9.89. The van der Waals surface area contributed by atoms with Crippen molar-refractivity contribution in [3.8, 4) is 5.75 Å². The van der Waals surface area contributed by atoms with Crippen molar-refractivity contribution < 1.29 is 18.7 Å². The monoisotopic (exact) mass is 421 g/mol. The van der Waals surface area contributed by atoms with Crippen LogP contribution >= 0.6 is 0 Å². The maximum absolute atomic E-state index is 13.8. The van der Waals surface area contributed by atoms with Crippen LogP contribution in [0.5, 0.6) is 5.75 Å². The minimum atomic E-state index is -0.462. The molecule has 2 amide bonds. The summed E-state index contributed by atoms with van der Waals surface area (Å²) >= 11 is 0. The van der Waals surface area contributed by atoms with Crippen molar-refractivity contribution in [2.45, 2.75) is 18.8 Å². The number of halogens is 1. The van der Waals surface area contributed by atoms with Gasteiger partial charge in [-0.05, 0) is 66.3 Å². The Bertz CT molecular complexity index is 1160. The average molecular weight is 421 g/mol. The van der Waals surface area contributed by atoms with Crippen LogP contribution in [0.4, 0.5) is 4.39 Å². The van der Waals surface area contributed by atoms with E-state index in [0.29, 0.717) is 30.1 Å². The van der Waals surface area contributed by atoms with E-state index in [2.05, 4.69) is 4.98 Å². The maximum Gasteiger partial charge on any atom is 0.248 e. The van der Waals surface area contributed by atoms with Crippen LogP contribution in [0.3, 0.4) is 0 Å². The fourth-order valence-electron chi connectivity index (χ4n) is 4.10. The lowest BCUT2D eigenvalue weighted by molar-refractivity contribution is -0.126. The fourth-order valence-corrected chi connectivity index (χ4v) is 4.10. The number of carbonyl (C=O) groups is 2. The quantitative estimate of drug-likeness (QED) is 0.614. The summed E-state index contributed by atoms with van der Waals surface area (Å²) in [5.74, 6) is -0.537. The van der Waals surface area contributed by atoms with Crippen molar-refractivity contribution in [2.75, 3.05) is 20.2 Å². The third-order valence-corrected chi connectivity index (χ3v) is 5.84. The Balaban J connectivity index is 1.41. The molecule has 3 aromatic rings. The third-order valence-electron chi connectivity index (χ3n) is 5.84. The number of aromatic nitrogens is 1. The first-order valence-electron chi connectivity index (χ1n) is 10.2. The van der Waals surface area contributed by atoms with E-state index in [1.54, 1.807) is 23.1 Å². The number of rotatable bonds is 5. The number of H-pyrrole nitrogens is 1. The Kier molecular flexibility index (Phi) is 5.75. The summed E-state index contributed by atoms with van der Waals surface area (Å²) in [6.07, 6.45) is 6.72. The van der Waals surface area contributed by atoms with Gasteiger partial charge < -0.3 is 20.4 Å². The van der Waals surface area contributed by atoms with Crippen molar-refractivity contribution in [3.05, 3.63) is 71.2 Å². The standard InChI is InChI=1S/C24H24FN3O3/c1-31-22-6-2-15(12-20(22)25)3-7-23(29)28-10-8-16(9-11-28)19-14-27-21-5-4-17(24(26)30)13-18(19)21/h2-7,12-14,16,27H,8-11H2,1H3,(H2,26,30)/b7-3+. The lowest BCUT2D eigenvalue weighted by Gasteiger charge is -2.31. The molecule has 0 unspecified atom stereocenters. The summed E-state index contributed by atoms with van der Waals surface area (Å²) in [6.45, 7) is 1.26. The number of methoxy groups -OCH3 is 1. The van der Waals surface area contributed by atoms with Crippen LogP contribution in [0, 0.1) is 5.82 Å². The molecule has 1 aromatic heterocycles. The Morgan fingerprint density at radius 2 is 1.97 bits per heavy atom. The third kappa shape index (κ3) is 4.30. The highest BCUT2D eigenvalue weighted by Crippen LogP contribution is 2.33. The molecule has 3 N–H and O–H groups in total. The van der Waals surface area contributed by atoms with Crippen molar-refractivity contribution >= 4 is 28.8 Å². The van der Waals surface area contributed by atoms with E-state index in [1.165, 1.54) is 25.3 Å². The normalized spacial score (nSPS) is 15.0. The molecule has 0 saturated carbocycles. The highest BCUT2D eigenvalue weighted by molar-refractivity contribution is 5.98. The number of fused-ring (bicyclic) bond motifs is 1. The molecule has 1 aliphatic heterocycles. The first kappa shape index (κ1) is 20.7. The number of piperidine rings is 1. The topological polar surface area (TPSA) is 88.4 Å². The van der Waals surface area contributed by atoms with E-state index in [4.69, 9.17) is 10.5 Å². The van der Waals surface area contributed by atoms with Gasteiger partial charge in [0.1, 0.15) is 0 Å². The molecule has 7 heteroatoms. The van der Waals surface area contributed by atoms with Crippen LogP contribution in [0.1, 0.15) is 40.2 Å². The van der Waals surface area contributed by atoms with Crippen molar-refractivity contribution in [1.82, 2.24) is 9.88 Å². The van der Waals surface area contributed by atoms with Gasteiger partial charge in [0.25, 0.3) is 0 Å². The molecule has 0 bridgehead atoms. The number of nitrogens with zero attached hydrogens (tertiary/aromatic N) is 1. The van der Waals surface area contributed by atoms with E-state index in [0.717, 1.165) is 29.3 Å². The molecule has 1 fully saturated rings. The zero-order valence-electron chi connectivity index (χ0n) is 17.2. The Morgan fingerprint density at radius 1 is 1.19 bits per heavy atom. The first-order valence-corrected chi connectivity index (χ1v) is 10.2. The van der Waals surface area contributed by atoms with Crippen molar-refractivity contribution in [3.63, 3.8) is 0 Å². The summed E-state index contributed by atoms with van der Waals surface area (Å²) in [5, 5.41) is 1.00. The van der Waals surface area contributed by atoms with E-state index >= 15 is 0 Å². The van der Waals surface area contributed by atoms with Crippen LogP contribution in [-0.4, -0.2) is 41.9 Å². The molecule has 2 heterocycles. The predicted octanol–water partition coefficient (Wildman–Crippen LogP) is 3.83. The lowest BCUT2D eigenvalue weighted by Crippen LogP contribution is -2.36. The first-order chi connectivity index (χ1) is 15.0. The number of hydrogen-bond donors (Lipinski definition) is 2. The van der Waals surface area contributed by atoms with Gasteiger partial charge in [0.15, 0.2) is 11.6 Å². The number of hydrogen-bond acceptors (Lipinski definition) is 3. The molecule has 160 valence electrons. The number of likely N-dealkylation sites (tertiary alicyclic amines) is 1. The van der Waals surface area contributed by atoms with Gasteiger partial charge in [-0.2, -0.15) is 0 Å². The molecule has 0 radical (unpaired) electrons. The van der Waals surface area contributed by atoms with Crippen LogP contribution < -0.4 is 10.5 Å². The van der Waals surface area contributed by atoms with E-state index in [1.807, 2.05) is 18.3 Å². The van der Waals surface area contributed by atoms with Gasteiger partial charge in [-0.3, -0.25) is 9.59 Å². The summed E-state index contributed by atoms with van der Waals surface area (Å²) in [7, 11) is 1.41. The average Bonchev–Trinajstić information content (AvgIpc) is 3.21. The fraction of sp³-hybridized carbons (Fsp3) is 0.250. The summed E-state index contributed by atoms with van der Waals surface area (Å²) in [6, 6.07) is 9.99. The highest BCUT2D eigenvalue weighted by Gasteiger charge is 2.24. The Labute approximate surface area is 179 Å². The van der Waals surface area contributed by atoms with Gasteiger partial charge in [-0.1, -0.05) is 6.07 Å². The second-order valence-electron chi connectivity index (χ2n) is 7.70. The number of amides is 2. The number of aromatic amines is 1. The van der Waals surface area contributed by atoms with Gasteiger partial charge in [0.05, 0.1) is 7.11 Å². The molecular formula is C24H24FN3O3. The second-order valence-corrected chi connectivity index (χ2v) is 7.70. The van der Waals surface area contributed by atoms with Gasteiger partial charge in [0.2, 0.25) is 11.8 Å². The summed E-state index contributed by atoms with van der Waals surface area (Å²) in [4.78, 5) is 29.1. The van der Waals surface area contributed by atoms with E-state index in [9.17, 15) is 14.0 Å². The van der Waals surface area contributed by atoms with Gasteiger partial charge in [0, 0.05) is 41.8 Å². The van der Waals surface area contributed by atoms with Crippen LogP contribution in [-0.2, 0) is 4.79 Å². The SMILES string of the molecule is COc1ccc(/C=C/C(=O)N2CCC(c3c[nH]c4ccc(C(N)=O)cc34)CC2)cc1F. The van der Waals surface area contributed by atoms with Crippen LogP contribution in [0.2, 0.25) is 0 Å². The van der Waals surface area contributed by atoms with Crippen LogP contribution in [0.15, 0.2) is 48.7 Å². The molecule has 0 spiro atoms. The largest absolute Gasteiger partial charge is 0.494 e. The zero-order chi connectivity index (χ0) is 22.0. The van der Waals surface area contributed by atoms with Crippen molar-refractivity contribution in [1.29, 1.82) is 0 Å². The van der Waals surface area contributed by atoms with Gasteiger partial charge in [-0.25, -0.2) is 4.39 Å². The minimum Gasteiger partial charge on any atom is -0.494 e. The highest BCUT2D eigenvalue weighted by atomic mass is 19.1. The number of carbonyl (C=O) groups excluding carboxylic acids is 2. The molecule has 4 rings (SSSR count). The number of primary amides is 1.